The van der Waals surface area contributed by atoms with E-state index in [-0.39, 0.29) is 23.5 Å². The Morgan fingerprint density at radius 2 is 1.93 bits per heavy atom. The Balaban J connectivity index is 1.30. The van der Waals surface area contributed by atoms with Gasteiger partial charge in [-0.3, -0.25) is 14.5 Å². The van der Waals surface area contributed by atoms with Gasteiger partial charge in [0.15, 0.2) is 0 Å². The van der Waals surface area contributed by atoms with Crippen molar-refractivity contribution in [3.63, 3.8) is 0 Å². The quantitative estimate of drug-likeness (QED) is 0.839. The summed E-state index contributed by atoms with van der Waals surface area (Å²) in [5.41, 5.74) is 1.85. The fraction of sp³-hybridized carbons (Fsp3) is 0.773. The third-order valence-electron chi connectivity index (χ3n) is 7.30. The van der Waals surface area contributed by atoms with E-state index in [1.165, 1.54) is 32.1 Å². The number of hydrogen-bond acceptors (Lipinski definition) is 5. The van der Waals surface area contributed by atoms with Crippen molar-refractivity contribution >= 4 is 5.91 Å². The van der Waals surface area contributed by atoms with E-state index in [1.807, 2.05) is 4.90 Å². The summed E-state index contributed by atoms with van der Waals surface area (Å²) in [6, 6.07) is 0.646. The number of amides is 1. The largest absolute Gasteiger partial charge is 0.368 e. The Hall–Kier alpha value is -1.73. The highest BCUT2D eigenvalue weighted by Crippen LogP contribution is 2.29. The topological polar surface area (TPSA) is 78.5 Å². The van der Waals surface area contributed by atoms with Crippen molar-refractivity contribution in [3.8, 4) is 0 Å². The van der Waals surface area contributed by atoms with Crippen LogP contribution in [-0.4, -0.2) is 64.1 Å². The number of likely N-dealkylation sites (tertiary alicyclic amines) is 1. The molecule has 1 saturated carbocycles. The Kier molecular flexibility index (Phi) is 5.43. The molecule has 3 fully saturated rings. The van der Waals surface area contributed by atoms with E-state index in [1.54, 1.807) is 0 Å². The van der Waals surface area contributed by atoms with E-state index in [2.05, 4.69) is 9.88 Å². The van der Waals surface area contributed by atoms with Gasteiger partial charge in [-0.2, -0.15) is 0 Å². The monoisotopic (exact) mass is 400 g/mol. The molecule has 1 amide bonds. The van der Waals surface area contributed by atoms with Gasteiger partial charge >= 0.3 is 0 Å². The van der Waals surface area contributed by atoms with E-state index < -0.39 is 0 Å². The van der Waals surface area contributed by atoms with Crippen molar-refractivity contribution in [1.82, 2.24) is 19.8 Å². The van der Waals surface area contributed by atoms with Crippen molar-refractivity contribution in [2.45, 2.75) is 82.4 Å². The van der Waals surface area contributed by atoms with Crippen LogP contribution in [0.15, 0.2) is 4.79 Å². The molecule has 2 atom stereocenters. The summed E-state index contributed by atoms with van der Waals surface area (Å²) < 4.78 is 5.56. The van der Waals surface area contributed by atoms with Crippen LogP contribution in [0.4, 0.5) is 0 Å². The lowest BCUT2D eigenvalue weighted by Gasteiger charge is -2.37. The summed E-state index contributed by atoms with van der Waals surface area (Å²) in [6.07, 6.45) is 9.70. The predicted molar refractivity (Wildman–Crippen MR) is 109 cm³/mol. The van der Waals surface area contributed by atoms with Gasteiger partial charge in [-0.1, -0.05) is 19.3 Å². The van der Waals surface area contributed by atoms with Gasteiger partial charge in [0.05, 0.1) is 5.69 Å². The molecule has 29 heavy (non-hydrogen) atoms. The molecule has 7 nitrogen and oxygen atoms in total. The first-order chi connectivity index (χ1) is 14.2. The molecule has 0 unspecified atom stereocenters. The van der Waals surface area contributed by atoms with Crippen LogP contribution in [0.2, 0.25) is 0 Å². The minimum Gasteiger partial charge on any atom is -0.368 e. The zero-order chi connectivity index (χ0) is 19.8. The van der Waals surface area contributed by atoms with E-state index in [0.717, 1.165) is 62.4 Å². The maximum Gasteiger partial charge on any atom is 0.254 e. The molecular weight excluding hydrogens is 368 g/mol. The summed E-state index contributed by atoms with van der Waals surface area (Å²) >= 11 is 0. The fourth-order valence-corrected chi connectivity index (χ4v) is 5.59. The number of fused-ring (bicyclic) bond motifs is 1. The third kappa shape index (κ3) is 3.87. The molecule has 0 aromatic carbocycles. The number of aromatic nitrogens is 2. The molecular formula is C22H32N4O3. The summed E-state index contributed by atoms with van der Waals surface area (Å²) in [4.78, 5) is 37.8. The second-order valence-corrected chi connectivity index (χ2v) is 9.16. The van der Waals surface area contributed by atoms with E-state index in [4.69, 9.17) is 9.72 Å². The molecule has 0 bridgehead atoms. The number of aromatic amines is 1. The van der Waals surface area contributed by atoms with Crippen molar-refractivity contribution < 1.29 is 9.53 Å². The zero-order valence-electron chi connectivity index (χ0n) is 17.2. The standard InChI is InChI=1S/C22H32N4O3/c27-21-17-9-11-25(16-5-2-1-3-6-16)14-18(17)23-20(24-21)15-8-10-26(13-15)22(28)19-7-4-12-29-19/h15-16,19H,1-14H2,(H,23,24,27)/t15-,19+/m0/s1. The van der Waals surface area contributed by atoms with Crippen LogP contribution < -0.4 is 5.56 Å². The maximum atomic E-state index is 12.7. The molecule has 7 heteroatoms. The molecule has 5 rings (SSSR count). The van der Waals surface area contributed by atoms with Crippen LogP contribution in [0.3, 0.4) is 0 Å². The highest BCUT2D eigenvalue weighted by molar-refractivity contribution is 5.81. The van der Waals surface area contributed by atoms with Crippen molar-refractivity contribution in [2.24, 2.45) is 0 Å². The van der Waals surface area contributed by atoms with Gasteiger partial charge < -0.3 is 14.6 Å². The minimum absolute atomic E-state index is 0.0252. The molecule has 1 aromatic rings. The zero-order valence-corrected chi connectivity index (χ0v) is 17.2. The second kappa shape index (κ2) is 8.19. The average Bonchev–Trinajstić information content (AvgIpc) is 3.46. The van der Waals surface area contributed by atoms with Crippen LogP contribution in [0, 0.1) is 0 Å². The van der Waals surface area contributed by atoms with Gasteiger partial charge in [-0.05, 0) is 38.5 Å². The number of nitrogens with one attached hydrogen (secondary N) is 1. The predicted octanol–water partition coefficient (Wildman–Crippen LogP) is 1.96. The van der Waals surface area contributed by atoms with Crippen LogP contribution in [0.1, 0.15) is 74.4 Å². The number of carbonyl (C=O) groups excluding carboxylic acids is 1. The number of ether oxygens (including phenoxy) is 1. The van der Waals surface area contributed by atoms with Gasteiger partial charge in [0, 0.05) is 50.3 Å². The molecule has 1 N–H and O–H groups in total. The molecule has 4 heterocycles. The van der Waals surface area contributed by atoms with Crippen LogP contribution in [-0.2, 0) is 22.5 Å². The van der Waals surface area contributed by atoms with E-state index in [0.29, 0.717) is 19.2 Å². The lowest BCUT2D eigenvalue weighted by Crippen LogP contribution is -2.42. The molecule has 3 aliphatic heterocycles. The summed E-state index contributed by atoms with van der Waals surface area (Å²) in [5.74, 6) is 0.985. The molecule has 2 saturated heterocycles. The Bertz CT molecular complexity index is 811. The minimum atomic E-state index is -0.270. The van der Waals surface area contributed by atoms with Crippen molar-refractivity contribution in [2.75, 3.05) is 26.2 Å². The van der Waals surface area contributed by atoms with Crippen molar-refractivity contribution in [3.05, 3.63) is 27.4 Å². The Morgan fingerprint density at radius 1 is 1.07 bits per heavy atom. The summed E-state index contributed by atoms with van der Waals surface area (Å²) in [5, 5.41) is 0. The molecule has 158 valence electrons. The van der Waals surface area contributed by atoms with E-state index in [9.17, 15) is 9.59 Å². The third-order valence-corrected chi connectivity index (χ3v) is 7.30. The maximum absolute atomic E-state index is 12.7. The number of hydrogen-bond donors (Lipinski definition) is 1. The van der Waals surface area contributed by atoms with Crippen LogP contribution in [0.5, 0.6) is 0 Å². The first-order valence-corrected chi connectivity index (χ1v) is 11.5. The Morgan fingerprint density at radius 3 is 2.72 bits per heavy atom. The molecule has 0 radical (unpaired) electrons. The van der Waals surface area contributed by atoms with Gasteiger partial charge in [-0.15, -0.1) is 0 Å². The first kappa shape index (κ1) is 19.2. The lowest BCUT2D eigenvalue weighted by atomic mass is 9.92. The fourth-order valence-electron chi connectivity index (χ4n) is 5.59. The smallest absolute Gasteiger partial charge is 0.254 e. The number of rotatable bonds is 3. The average molecular weight is 401 g/mol. The van der Waals surface area contributed by atoms with E-state index >= 15 is 0 Å². The molecule has 1 aliphatic carbocycles. The highest BCUT2D eigenvalue weighted by atomic mass is 16.5. The molecule has 0 spiro atoms. The van der Waals surface area contributed by atoms with Crippen molar-refractivity contribution in [1.29, 1.82) is 0 Å². The summed E-state index contributed by atoms with van der Waals surface area (Å²) in [6.45, 7) is 3.80. The lowest BCUT2D eigenvalue weighted by molar-refractivity contribution is -0.139. The normalized spacial score (nSPS) is 28.6. The number of carbonyl (C=O) groups is 1. The highest BCUT2D eigenvalue weighted by Gasteiger charge is 2.35. The SMILES string of the molecule is O=C([C@H]1CCCO1)N1CC[C@H](c2nc3c(c(=O)[nH]2)CCN(C2CCCCC2)C3)C1. The van der Waals surface area contributed by atoms with Crippen LogP contribution in [0.25, 0.3) is 0 Å². The van der Waals surface area contributed by atoms with Crippen LogP contribution >= 0.6 is 0 Å². The Labute approximate surface area is 171 Å². The number of nitrogens with zero attached hydrogens (tertiary/aromatic N) is 3. The van der Waals surface area contributed by atoms with Gasteiger partial charge in [0.1, 0.15) is 11.9 Å². The number of H-pyrrole nitrogens is 1. The van der Waals surface area contributed by atoms with Gasteiger partial charge in [-0.25, -0.2) is 4.98 Å². The van der Waals surface area contributed by atoms with Gasteiger partial charge in [0.25, 0.3) is 11.5 Å². The molecule has 4 aliphatic rings. The van der Waals surface area contributed by atoms with Gasteiger partial charge in [0.2, 0.25) is 0 Å². The molecule has 1 aromatic heterocycles. The first-order valence-electron chi connectivity index (χ1n) is 11.5. The second-order valence-electron chi connectivity index (χ2n) is 9.16. The summed E-state index contributed by atoms with van der Waals surface area (Å²) in [7, 11) is 0.